The number of benzene rings is 1. The molecule has 0 unspecified atom stereocenters. The summed E-state index contributed by atoms with van der Waals surface area (Å²) in [6, 6.07) is 8.79. The molecule has 2 heterocycles. The van der Waals surface area contributed by atoms with E-state index in [9.17, 15) is 0 Å². The van der Waals surface area contributed by atoms with Crippen LogP contribution in [0.2, 0.25) is 0 Å². The number of nitrogens with zero attached hydrogens (tertiary/aromatic N) is 1. The zero-order valence-corrected chi connectivity index (χ0v) is 12.8. The van der Waals surface area contributed by atoms with E-state index in [4.69, 9.17) is 23.4 Å². The Labute approximate surface area is 125 Å². The number of para-hydroxylation sites is 1. The van der Waals surface area contributed by atoms with Crippen LogP contribution < -0.4 is 18.6 Å². The molecule has 1 aromatic rings. The van der Waals surface area contributed by atoms with E-state index in [-0.39, 0.29) is 5.41 Å². The van der Waals surface area contributed by atoms with Crippen molar-refractivity contribution in [2.75, 3.05) is 20.3 Å². The first-order chi connectivity index (χ1) is 9.76. The lowest BCUT2D eigenvalue weighted by Crippen LogP contribution is -2.68. The van der Waals surface area contributed by atoms with E-state index in [1.54, 1.807) is 0 Å². The van der Waals surface area contributed by atoms with Gasteiger partial charge in [-0.15, -0.1) is 10.2 Å². The third-order valence-electron chi connectivity index (χ3n) is 4.32. The molecule has 2 aliphatic rings. The van der Waals surface area contributed by atoms with Crippen LogP contribution in [0.25, 0.3) is 0 Å². The SMILES string of the molecule is CC1=[N+](C)c2ccccc2C12CCOCC2.[O-][Cl+3]([O-])([O-])[O-]. The van der Waals surface area contributed by atoms with Crippen molar-refractivity contribution in [1.82, 2.24) is 0 Å². The lowest BCUT2D eigenvalue weighted by atomic mass is 9.72. The fourth-order valence-corrected chi connectivity index (χ4v) is 3.22. The monoisotopic (exact) mass is 315 g/mol. The molecular formula is C14H18ClNO5. The van der Waals surface area contributed by atoms with Crippen LogP contribution in [0.1, 0.15) is 25.3 Å². The van der Waals surface area contributed by atoms with E-state index in [1.165, 1.54) is 17.0 Å². The molecule has 1 saturated heterocycles. The Bertz CT molecular complexity index is 541. The lowest BCUT2D eigenvalue weighted by molar-refractivity contribution is -2.00. The molecule has 6 nitrogen and oxygen atoms in total. The molecule has 2 aliphatic heterocycles. The van der Waals surface area contributed by atoms with Gasteiger partial charge in [-0.3, -0.25) is 0 Å². The van der Waals surface area contributed by atoms with Crippen molar-refractivity contribution in [1.29, 1.82) is 0 Å². The molecule has 0 amide bonds. The number of hydrogen-bond donors (Lipinski definition) is 0. The summed E-state index contributed by atoms with van der Waals surface area (Å²) in [5, 5.41) is 0. The topological polar surface area (TPSA) is 104 Å². The largest absolute Gasteiger partial charge is 0.381 e. The zero-order chi connectivity index (χ0) is 15.7. The van der Waals surface area contributed by atoms with Crippen LogP contribution in [-0.4, -0.2) is 30.5 Å². The van der Waals surface area contributed by atoms with E-state index in [1.807, 2.05) is 0 Å². The molecule has 21 heavy (non-hydrogen) atoms. The molecule has 0 saturated carbocycles. The van der Waals surface area contributed by atoms with Crippen LogP contribution in [0.4, 0.5) is 5.69 Å². The van der Waals surface area contributed by atoms with Crippen molar-refractivity contribution in [3.8, 4) is 0 Å². The number of hydrogen-bond acceptors (Lipinski definition) is 5. The highest BCUT2D eigenvalue weighted by atomic mass is 35.7. The summed E-state index contributed by atoms with van der Waals surface area (Å²) in [4.78, 5) is 0. The van der Waals surface area contributed by atoms with Gasteiger partial charge in [-0.25, -0.2) is 23.2 Å². The summed E-state index contributed by atoms with van der Waals surface area (Å²) in [7, 11) is -2.77. The predicted octanol–water partition coefficient (Wildman–Crippen LogP) is -2.27. The standard InChI is InChI=1S/C14H18NO.ClHO4/c1-11-14(7-9-16-10-8-14)12-5-3-4-6-13(12)15(11)2;2-1(3,4)5/h3-6H,7-10H2,1-2H3;(H,2,3,4,5)/q+1;/p-1. The van der Waals surface area contributed by atoms with E-state index >= 15 is 0 Å². The highest BCUT2D eigenvalue weighted by molar-refractivity contribution is 5.94. The average molecular weight is 316 g/mol. The summed E-state index contributed by atoms with van der Waals surface area (Å²) in [6.07, 6.45) is 2.25. The number of halogens is 1. The molecule has 0 atom stereocenters. The summed E-state index contributed by atoms with van der Waals surface area (Å²) < 4.78 is 41.8. The normalized spacial score (nSPS) is 20.1. The van der Waals surface area contributed by atoms with E-state index in [0.717, 1.165) is 26.1 Å². The molecule has 0 bridgehead atoms. The second-order valence-electron chi connectivity index (χ2n) is 5.23. The first-order valence-corrected chi connectivity index (χ1v) is 7.86. The van der Waals surface area contributed by atoms with Gasteiger partial charge >= 0.3 is 0 Å². The Kier molecular flexibility index (Phi) is 4.67. The lowest BCUT2D eigenvalue weighted by Gasteiger charge is -2.31. The van der Waals surface area contributed by atoms with Crippen LogP contribution in [0.5, 0.6) is 0 Å². The molecule has 7 heteroatoms. The fourth-order valence-electron chi connectivity index (χ4n) is 3.22. The maximum Gasteiger partial charge on any atom is 0.209 e. The van der Waals surface area contributed by atoms with E-state index in [2.05, 4.69) is 42.8 Å². The smallest absolute Gasteiger partial charge is 0.209 e. The molecule has 1 aromatic carbocycles. The summed E-state index contributed by atoms with van der Waals surface area (Å²) in [6.45, 7) is 4.05. The highest BCUT2D eigenvalue weighted by Gasteiger charge is 2.49. The first kappa shape index (κ1) is 16.4. The van der Waals surface area contributed by atoms with Gasteiger partial charge in [0.15, 0.2) is 5.71 Å². The first-order valence-electron chi connectivity index (χ1n) is 6.62. The van der Waals surface area contributed by atoms with Gasteiger partial charge in [-0.1, -0.05) is 18.2 Å². The Morgan fingerprint density at radius 2 is 1.62 bits per heavy atom. The van der Waals surface area contributed by atoms with Crippen molar-refractivity contribution >= 4 is 11.4 Å². The minimum Gasteiger partial charge on any atom is -0.381 e. The van der Waals surface area contributed by atoms with Gasteiger partial charge in [0.05, 0.1) is 5.41 Å². The third-order valence-corrected chi connectivity index (χ3v) is 4.32. The van der Waals surface area contributed by atoms with Crippen molar-refractivity contribution in [2.24, 2.45) is 0 Å². The van der Waals surface area contributed by atoms with Crippen molar-refractivity contribution in [2.45, 2.75) is 25.2 Å². The van der Waals surface area contributed by atoms with Gasteiger partial charge in [0.2, 0.25) is 5.69 Å². The summed E-state index contributed by atoms with van der Waals surface area (Å²) in [5.74, 6) is 0. The van der Waals surface area contributed by atoms with Gasteiger partial charge in [-0.2, -0.15) is 0 Å². The van der Waals surface area contributed by atoms with Crippen LogP contribution in [0, 0.1) is 10.2 Å². The third kappa shape index (κ3) is 3.42. The van der Waals surface area contributed by atoms with Crippen LogP contribution in [0.3, 0.4) is 0 Å². The van der Waals surface area contributed by atoms with Crippen LogP contribution in [-0.2, 0) is 10.2 Å². The number of fused-ring (bicyclic) bond motifs is 2. The average Bonchev–Trinajstić information content (AvgIpc) is 2.62. The number of rotatable bonds is 0. The van der Waals surface area contributed by atoms with Gasteiger partial charge in [0.1, 0.15) is 7.05 Å². The quantitative estimate of drug-likeness (QED) is 0.502. The van der Waals surface area contributed by atoms with Crippen molar-refractivity contribution in [3.05, 3.63) is 29.8 Å². The molecule has 1 spiro atoms. The number of ether oxygens (including phenoxy) is 1. The van der Waals surface area contributed by atoms with Crippen LogP contribution >= 0.6 is 0 Å². The fraction of sp³-hybridized carbons (Fsp3) is 0.500. The minimum atomic E-state index is -4.94. The maximum absolute atomic E-state index is 8.49. The Morgan fingerprint density at radius 1 is 1.10 bits per heavy atom. The highest BCUT2D eigenvalue weighted by Crippen LogP contribution is 2.45. The van der Waals surface area contributed by atoms with E-state index in [0.29, 0.717) is 0 Å². The van der Waals surface area contributed by atoms with Gasteiger partial charge in [0, 0.05) is 31.8 Å². The Balaban J connectivity index is 0.000000282. The second-order valence-corrected chi connectivity index (χ2v) is 5.99. The molecule has 1 fully saturated rings. The summed E-state index contributed by atoms with van der Waals surface area (Å²) in [5.41, 5.74) is 4.61. The molecule has 0 radical (unpaired) electrons. The van der Waals surface area contributed by atoms with Gasteiger partial charge < -0.3 is 4.74 Å². The Morgan fingerprint density at radius 3 is 2.19 bits per heavy atom. The summed E-state index contributed by atoms with van der Waals surface area (Å²) >= 11 is 0. The molecule has 116 valence electrons. The molecule has 0 aromatic heterocycles. The van der Waals surface area contributed by atoms with Gasteiger partial charge in [0.25, 0.3) is 0 Å². The Hall–Kier alpha value is -1.02. The van der Waals surface area contributed by atoms with Crippen LogP contribution in [0.15, 0.2) is 24.3 Å². The van der Waals surface area contributed by atoms with Gasteiger partial charge in [-0.05, 0) is 12.8 Å². The van der Waals surface area contributed by atoms with E-state index < -0.39 is 10.2 Å². The molecule has 0 N–H and O–H groups in total. The maximum atomic E-state index is 8.49. The second kappa shape index (κ2) is 6.00. The molecule has 0 aliphatic carbocycles. The molecule has 3 rings (SSSR count). The minimum absolute atomic E-state index is 0.254. The zero-order valence-electron chi connectivity index (χ0n) is 12.0. The van der Waals surface area contributed by atoms with Crippen molar-refractivity contribution in [3.63, 3.8) is 0 Å². The molecular weight excluding hydrogens is 298 g/mol. The van der Waals surface area contributed by atoms with Crippen molar-refractivity contribution < 1.29 is 38.2 Å². The predicted molar refractivity (Wildman–Crippen MR) is 64.7 cm³/mol.